The first kappa shape index (κ1) is 10.7. The van der Waals surface area contributed by atoms with Crippen LogP contribution in [-0.2, 0) is 7.05 Å². The summed E-state index contributed by atoms with van der Waals surface area (Å²) in [6.45, 7) is 1.57. The van der Waals surface area contributed by atoms with E-state index < -0.39 is 0 Å². The molecule has 0 amide bonds. The Hall–Kier alpha value is -0.770. The van der Waals surface area contributed by atoms with E-state index >= 15 is 0 Å². The van der Waals surface area contributed by atoms with Crippen LogP contribution in [0.25, 0.3) is 0 Å². The zero-order chi connectivity index (χ0) is 10.8. The summed E-state index contributed by atoms with van der Waals surface area (Å²) < 4.78 is 1.87. The first-order valence-electron chi connectivity index (χ1n) is 5.31. The molecule has 1 saturated heterocycles. The highest BCUT2D eigenvalue weighted by molar-refractivity contribution is 7.99. The molecule has 2 heterocycles. The van der Waals surface area contributed by atoms with Crippen molar-refractivity contribution in [3.63, 3.8) is 0 Å². The van der Waals surface area contributed by atoms with Crippen LogP contribution in [0.15, 0.2) is 6.07 Å². The number of hydrogen-bond donors (Lipinski definition) is 0. The summed E-state index contributed by atoms with van der Waals surface area (Å²) in [6, 6.07) is 1.96. The van der Waals surface area contributed by atoms with Crippen LogP contribution in [-0.4, -0.2) is 27.1 Å². The SMILES string of the molecule is CC(=O)c1cc(C2CCSCC2)n(C)n1. The van der Waals surface area contributed by atoms with Crippen molar-refractivity contribution in [3.05, 3.63) is 17.5 Å². The molecule has 0 atom stereocenters. The van der Waals surface area contributed by atoms with Gasteiger partial charge < -0.3 is 0 Å². The fraction of sp³-hybridized carbons (Fsp3) is 0.636. The van der Waals surface area contributed by atoms with E-state index in [1.165, 1.54) is 30.0 Å². The molecule has 0 unspecified atom stereocenters. The number of hydrogen-bond acceptors (Lipinski definition) is 3. The van der Waals surface area contributed by atoms with Crippen LogP contribution in [0.5, 0.6) is 0 Å². The van der Waals surface area contributed by atoms with Crippen LogP contribution in [0.4, 0.5) is 0 Å². The zero-order valence-corrected chi connectivity index (χ0v) is 10.0. The molecule has 1 aromatic rings. The summed E-state index contributed by atoms with van der Waals surface area (Å²) in [5.41, 5.74) is 1.83. The number of ketones is 1. The highest BCUT2D eigenvalue weighted by Gasteiger charge is 2.20. The maximum absolute atomic E-state index is 11.2. The second kappa shape index (κ2) is 4.39. The van der Waals surface area contributed by atoms with E-state index in [0.717, 1.165) is 0 Å². The highest BCUT2D eigenvalue weighted by Crippen LogP contribution is 2.31. The van der Waals surface area contributed by atoms with Gasteiger partial charge in [-0.15, -0.1) is 0 Å². The summed E-state index contributed by atoms with van der Waals surface area (Å²) in [6.07, 6.45) is 2.42. The van der Waals surface area contributed by atoms with E-state index in [1.807, 2.05) is 29.6 Å². The largest absolute Gasteiger partial charge is 0.293 e. The maximum Gasteiger partial charge on any atom is 0.179 e. The van der Waals surface area contributed by atoms with Crippen molar-refractivity contribution in [2.75, 3.05) is 11.5 Å². The van der Waals surface area contributed by atoms with Gasteiger partial charge in [-0.1, -0.05) is 0 Å². The van der Waals surface area contributed by atoms with E-state index in [2.05, 4.69) is 5.10 Å². The van der Waals surface area contributed by atoms with E-state index in [1.54, 1.807) is 6.92 Å². The van der Waals surface area contributed by atoms with Gasteiger partial charge in [-0.3, -0.25) is 9.48 Å². The number of Topliss-reactive ketones (excluding diaryl/α,β-unsaturated/α-hetero) is 1. The van der Waals surface area contributed by atoms with Crippen LogP contribution < -0.4 is 0 Å². The number of aryl methyl sites for hydroxylation is 1. The molecule has 3 nitrogen and oxygen atoms in total. The van der Waals surface area contributed by atoms with Crippen molar-refractivity contribution in [1.82, 2.24) is 9.78 Å². The summed E-state index contributed by atoms with van der Waals surface area (Å²) in [5, 5.41) is 4.25. The lowest BCUT2D eigenvalue weighted by Gasteiger charge is -2.21. The Kier molecular flexibility index (Phi) is 3.14. The van der Waals surface area contributed by atoms with Crippen molar-refractivity contribution in [2.45, 2.75) is 25.7 Å². The molecule has 0 radical (unpaired) electrons. The topological polar surface area (TPSA) is 34.9 Å². The van der Waals surface area contributed by atoms with Gasteiger partial charge in [0.2, 0.25) is 0 Å². The second-order valence-corrected chi connectivity index (χ2v) is 5.25. The third-order valence-corrected chi connectivity index (χ3v) is 3.97. The van der Waals surface area contributed by atoms with E-state index in [-0.39, 0.29) is 5.78 Å². The van der Waals surface area contributed by atoms with Crippen molar-refractivity contribution in [2.24, 2.45) is 7.05 Å². The molecular formula is C11H16N2OS. The third-order valence-electron chi connectivity index (χ3n) is 2.92. The molecule has 0 saturated carbocycles. The van der Waals surface area contributed by atoms with Gasteiger partial charge >= 0.3 is 0 Å². The lowest BCUT2D eigenvalue weighted by molar-refractivity contribution is 0.101. The lowest BCUT2D eigenvalue weighted by atomic mass is 9.98. The van der Waals surface area contributed by atoms with E-state index in [4.69, 9.17) is 0 Å². The smallest absolute Gasteiger partial charge is 0.179 e. The molecule has 1 aliphatic rings. The molecule has 0 aromatic carbocycles. The van der Waals surface area contributed by atoms with Gasteiger partial charge in [-0.25, -0.2) is 0 Å². The Bertz CT molecular complexity index is 367. The van der Waals surface area contributed by atoms with Gasteiger partial charge in [-0.2, -0.15) is 16.9 Å². The minimum absolute atomic E-state index is 0.0574. The van der Waals surface area contributed by atoms with E-state index in [0.29, 0.717) is 11.6 Å². The minimum Gasteiger partial charge on any atom is -0.293 e. The van der Waals surface area contributed by atoms with Gasteiger partial charge in [-0.05, 0) is 30.4 Å². The summed E-state index contributed by atoms with van der Waals surface area (Å²) in [7, 11) is 1.93. The number of rotatable bonds is 2. The number of nitrogens with zero attached hydrogens (tertiary/aromatic N) is 2. The van der Waals surface area contributed by atoms with Crippen LogP contribution in [0.2, 0.25) is 0 Å². The average molecular weight is 224 g/mol. The quantitative estimate of drug-likeness (QED) is 0.723. The Labute approximate surface area is 94.2 Å². The molecule has 1 aromatic heterocycles. The summed E-state index contributed by atoms with van der Waals surface area (Å²) in [4.78, 5) is 11.2. The molecule has 82 valence electrons. The van der Waals surface area contributed by atoms with Crippen LogP contribution in [0, 0.1) is 0 Å². The lowest BCUT2D eigenvalue weighted by Crippen LogP contribution is -2.11. The van der Waals surface area contributed by atoms with E-state index in [9.17, 15) is 4.79 Å². The highest BCUT2D eigenvalue weighted by atomic mass is 32.2. The summed E-state index contributed by atoms with van der Waals surface area (Å²) in [5.74, 6) is 3.11. The molecule has 2 rings (SSSR count). The van der Waals surface area contributed by atoms with Crippen LogP contribution in [0.1, 0.15) is 41.9 Å². The van der Waals surface area contributed by atoms with Gasteiger partial charge in [0.1, 0.15) is 5.69 Å². The van der Waals surface area contributed by atoms with Gasteiger partial charge in [0.05, 0.1) is 0 Å². The van der Waals surface area contributed by atoms with Gasteiger partial charge in [0.25, 0.3) is 0 Å². The Morgan fingerprint density at radius 3 is 2.73 bits per heavy atom. The average Bonchev–Trinajstić information content (AvgIpc) is 2.62. The predicted octanol–water partition coefficient (Wildman–Crippen LogP) is 2.23. The van der Waals surface area contributed by atoms with Crippen molar-refractivity contribution < 1.29 is 4.79 Å². The fourth-order valence-electron chi connectivity index (χ4n) is 2.03. The molecule has 0 N–H and O–H groups in total. The molecular weight excluding hydrogens is 208 g/mol. The number of aromatic nitrogens is 2. The zero-order valence-electron chi connectivity index (χ0n) is 9.19. The number of carbonyl (C=O) groups is 1. The Morgan fingerprint density at radius 1 is 1.53 bits per heavy atom. The summed E-state index contributed by atoms with van der Waals surface area (Å²) >= 11 is 2.02. The first-order chi connectivity index (χ1) is 7.18. The standard InChI is InChI=1S/C11H16N2OS/c1-8(14)10-7-11(13(2)12-10)9-3-5-15-6-4-9/h7,9H,3-6H2,1-2H3. The molecule has 1 fully saturated rings. The first-order valence-corrected chi connectivity index (χ1v) is 6.46. The number of carbonyl (C=O) groups excluding carboxylic acids is 1. The van der Waals surface area contributed by atoms with Gasteiger partial charge in [0.15, 0.2) is 5.78 Å². The molecule has 4 heteroatoms. The van der Waals surface area contributed by atoms with Crippen molar-refractivity contribution in [1.29, 1.82) is 0 Å². The van der Waals surface area contributed by atoms with Crippen LogP contribution in [0.3, 0.4) is 0 Å². The predicted molar refractivity (Wildman–Crippen MR) is 62.5 cm³/mol. The molecule has 0 aliphatic carbocycles. The van der Waals surface area contributed by atoms with Gasteiger partial charge in [0, 0.05) is 25.6 Å². The normalized spacial score (nSPS) is 18.0. The second-order valence-electron chi connectivity index (χ2n) is 4.02. The molecule has 0 bridgehead atoms. The molecule has 0 spiro atoms. The fourth-order valence-corrected chi connectivity index (χ4v) is 3.14. The van der Waals surface area contributed by atoms with Crippen molar-refractivity contribution in [3.8, 4) is 0 Å². The maximum atomic E-state index is 11.2. The Morgan fingerprint density at radius 2 is 2.20 bits per heavy atom. The Balaban J connectivity index is 2.22. The number of thioether (sulfide) groups is 1. The van der Waals surface area contributed by atoms with Crippen molar-refractivity contribution >= 4 is 17.5 Å². The molecule has 1 aliphatic heterocycles. The van der Waals surface area contributed by atoms with Crippen LogP contribution >= 0.6 is 11.8 Å². The monoisotopic (exact) mass is 224 g/mol. The third kappa shape index (κ3) is 2.25. The molecule has 15 heavy (non-hydrogen) atoms. The minimum atomic E-state index is 0.0574.